The zero-order valence-electron chi connectivity index (χ0n) is 15.0. The third kappa shape index (κ3) is 4.29. The number of hydrogen-bond acceptors (Lipinski definition) is 5. The summed E-state index contributed by atoms with van der Waals surface area (Å²) >= 11 is 11.9. The Morgan fingerprint density at radius 1 is 1.07 bits per heavy atom. The predicted molar refractivity (Wildman–Crippen MR) is 108 cm³/mol. The summed E-state index contributed by atoms with van der Waals surface area (Å²) in [6, 6.07) is 9.51. The number of benzene rings is 2. The van der Waals surface area contributed by atoms with Gasteiger partial charge in [0.1, 0.15) is 5.82 Å². The molecular formula is C20H13Cl2FN2O5. The van der Waals surface area contributed by atoms with Gasteiger partial charge < -0.3 is 20.7 Å². The molecule has 0 fully saturated rings. The second-order valence-electron chi connectivity index (χ2n) is 6.08. The van der Waals surface area contributed by atoms with Crippen LogP contribution < -0.4 is 10.5 Å². The second kappa shape index (κ2) is 8.56. The van der Waals surface area contributed by atoms with Crippen LogP contribution in [0.3, 0.4) is 0 Å². The Balaban J connectivity index is 2.01. The number of halogens is 3. The number of ether oxygens (including phenoxy) is 1. The summed E-state index contributed by atoms with van der Waals surface area (Å²) in [6.07, 6.45) is -0.343. The molecule has 0 bridgehead atoms. The average molecular weight is 451 g/mol. The van der Waals surface area contributed by atoms with Crippen molar-refractivity contribution in [1.82, 2.24) is 4.98 Å². The Morgan fingerprint density at radius 2 is 1.73 bits per heavy atom. The fraction of sp³-hybridized carbons (Fsp3) is 0.0500. The van der Waals surface area contributed by atoms with Gasteiger partial charge in [-0.2, -0.15) is 0 Å². The first-order valence-electron chi connectivity index (χ1n) is 8.31. The second-order valence-corrected chi connectivity index (χ2v) is 6.87. The first-order valence-corrected chi connectivity index (χ1v) is 9.06. The van der Waals surface area contributed by atoms with E-state index in [2.05, 4.69) is 4.98 Å². The lowest BCUT2D eigenvalue weighted by Gasteiger charge is -2.19. The number of pyridine rings is 1. The van der Waals surface area contributed by atoms with E-state index in [1.54, 1.807) is 12.1 Å². The number of rotatable bonds is 6. The first kappa shape index (κ1) is 21.4. The third-order valence-electron chi connectivity index (χ3n) is 4.16. The number of aromatic nitrogens is 1. The van der Waals surface area contributed by atoms with Gasteiger partial charge in [0.05, 0.1) is 10.6 Å². The number of aromatic carboxylic acids is 1. The van der Waals surface area contributed by atoms with Crippen molar-refractivity contribution < 1.29 is 28.9 Å². The molecule has 1 heterocycles. The lowest BCUT2D eigenvalue weighted by molar-refractivity contribution is -0.145. The van der Waals surface area contributed by atoms with Crippen LogP contribution in [-0.2, 0) is 4.79 Å². The molecule has 30 heavy (non-hydrogen) atoms. The number of hydrogen-bond donors (Lipinski definition) is 3. The van der Waals surface area contributed by atoms with Crippen LogP contribution in [0, 0.1) is 5.82 Å². The van der Waals surface area contributed by atoms with Crippen LogP contribution in [0.1, 0.15) is 22.0 Å². The number of anilines is 1. The standard InChI is InChI=1S/C20H13Cl2FN2O5/c21-12-5-6-13(23)16(22)15(12)17(20(28)29)30-14-7-11(8-25-18(14)24)9-1-3-10(4-2-9)19(26)27/h1-8,17H,(H2,24,25)(H,26,27)(H,28,29). The molecule has 0 saturated carbocycles. The number of nitrogen functional groups attached to an aromatic ring is 1. The third-order valence-corrected chi connectivity index (χ3v) is 4.87. The van der Waals surface area contributed by atoms with E-state index in [0.29, 0.717) is 11.1 Å². The molecule has 0 spiro atoms. The minimum atomic E-state index is -1.76. The smallest absolute Gasteiger partial charge is 0.349 e. The largest absolute Gasteiger partial charge is 0.478 e. The summed E-state index contributed by atoms with van der Waals surface area (Å²) in [5, 5.41) is 18.0. The molecule has 1 atom stereocenters. The molecule has 4 N–H and O–H groups in total. The van der Waals surface area contributed by atoms with Gasteiger partial charge in [-0.15, -0.1) is 0 Å². The number of carboxylic acid groups (broad SMARTS) is 2. The fourth-order valence-corrected chi connectivity index (χ4v) is 3.22. The average Bonchev–Trinajstić information content (AvgIpc) is 2.71. The molecule has 0 aliphatic rings. The molecule has 0 aliphatic heterocycles. The predicted octanol–water partition coefficient (Wildman–Crippen LogP) is 4.68. The molecule has 0 saturated heterocycles. The van der Waals surface area contributed by atoms with Crippen LogP contribution in [0.5, 0.6) is 5.75 Å². The van der Waals surface area contributed by atoms with E-state index >= 15 is 0 Å². The minimum absolute atomic E-state index is 0.0965. The summed E-state index contributed by atoms with van der Waals surface area (Å²) in [4.78, 5) is 26.8. The van der Waals surface area contributed by atoms with E-state index in [0.717, 1.165) is 6.07 Å². The van der Waals surface area contributed by atoms with Gasteiger partial charge in [0.15, 0.2) is 11.6 Å². The Morgan fingerprint density at radius 3 is 2.33 bits per heavy atom. The van der Waals surface area contributed by atoms with Crippen molar-refractivity contribution in [3.8, 4) is 16.9 Å². The Kier molecular flexibility index (Phi) is 6.09. The lowest BCUT2D eigenvalue weighted by atomic mass is 10.1. The minimum Gasteiger partial charge on any atom is -0.478 e. The van der Waals surface area contributed by atoms with Crippen LogP contribution in [0.15, 0.2) is 48.7 Å². The van der Waals surface area contributed by atoms with Crippen LogP contribution in [0.2, 0.25) is 10.0 Å². The van der Waals surface area contributed by atoms with Crippen molar-refractivity contribution >= 4 is 41.0 Å². The number of nitrogens with zero attached hydrogens (tertiary/aromatic N) is 1. The molecule has 0 aliphatic carbocycles. The monoisotopic (exact) mass is 450 g/mol. The number of carbonyl (C=O) groups is 2. The highest BCUT2D eigenvalue weighted by Crippen LogP contribution is 2.37. The zero-order valence-corrected chi connectivity index (χ0v) is 16.5. The van der Waals surface area contributed by atoms with E-state index < -0.39 is 28.9 Å². The molecule has 10 heteroatoms. The van der Waals surface area contributed by atoms with Crippen LogP contribution in [0.25, 0.3) is 11.1 Å². The van der Waals surface area contributed by atoms with E-state index in [4.69, 9.17) is 38.8 Å². The SMILES string of the molecule is Nc1ncc(-c2ccc(C(=O)O)cc2)cc1OC(C(=O)O)c1c(Cl)ccc(F)c1Cl. The van der Waals surface area contributed by atoms with Gasteiger partial charge in [-0.25, -0.2) is 19.0 Å². The highest BCUT2D eigenvalue weighted by Gasteiger charge is 2.29. The Bertz CT molecular complexity index is 1140. The molecule has 3 rings (SSSR count). The maximum Gasteiger partial charge on any atom is 0.349 e. The zero-order chi connectivity index (χ0) is 22.0. The molecule has 7 nitrogen and oxygen atoms in total. The molecule has 0 radical (unpaired) electrons. The van der Waals surface area contributed by atoms with Gasteiger partial charge in [0, 0.05) is 22.3 Å². The Labute approximate surface area is 179 Å². The summed E-state index contributed by atoms with van der Waals surface area (Å²) in [6.45, 7) is 0. The summed E-state index contributed by atoms with van der Waals surface area (Å²) in [7, 11) is 0. The van der Waals surface area contributed by atoms with Crippen molar-refractivity contribution in [2.45, 2.75) is 6.10 Å². The van der Waals surface area contributed by atoms with Crippen molar-refractivity contribution in [2.24, 2.45) is 0 Å². The Hall–Kier alpha value is -3.36. The van der Waals surface area contributed by atoms with Gasteiger partial charge in [-0.3, -0.25) is 0 Å². The van der Waals surface area contributed by atoms with Crippen molar-refractivity contribution in [2.75, 3.05) is 5.73 Å². The lowest BCUT2D eigenvalue weighted by Crippen LogP contribution is -2.20. The first-order chi connectivity index (χ1) is 14.2. The fourth-order valence-electron chi connectivity index (χ4n) is 2.66. The van der Waals surface area contributed by atoms with E-state index in [1.165, 1.54) is 30.5 Å². The van der Waals surface area contributed by atoms with E-state index in [9.17, 15) is 19.1 Å². The van der Waals surface area contributed by atoms with Crippen molar-refractivity contribution in [3.63, 3.8) is 0 Å². The maximum absolute atomic E-state index is 13.9. The van der Waals surface area contributed by atoms with Gasteiger partial charge in [-0.05, 0) is 35.9 Å². The van der Waals surface area contributed by atoms with E-state index in [1.807, 2.05) is 0 Å². The molecule has 1 unspecified atom stereocenters. The summed E-state index contributed by atoms with van der Waals surface area (Å²) in [5.41, 5.74) is 6.72. The van der Waals surface area contributed by atoms with Gasteiger partial charge >= 0.3 is 11.9 Å². The number of carboxylic acids is 2. The maximum atomic E-state index is 13.9. The highest BCUT2D eigenvalue weighted by atomic mass is 35.5. The molecule has 154 valence electrons. The normalized spacial score (nSPS) is 11.7. The number of aliphatic carboxylic acids is 1. The van der Waals surface area contributed by atoms with Crippen molar-refractivity contribution in [3.05, 3.63) is 75.7 Å². The molecule has 3 aromatic rings. The highest BCUT2D eigenvalue weighted by molar-refractivity contribution is 6.36. The molecule has 0 amide bonds. The van der Waals surface area contributed by atoms with Crippen LogP contribution in [-0.4, -0.2) is 27.1 Å². The van der Waals surface area contributed by atoms with Crippen LogP contribution in [0.4, 0.5) is 10.2 Å². The topological polar surface area (TPSA) is 123 Å². The molecular weight excluding hydrogens is 438 g/mol. The van der Waals surface area contributed by atoms with Gasteiger partial charge in [-0.1, -0.05) is 35.3 Å². The van der Waals surface area contributed by atoms with E-state index in [-0.39, 0.29) is 27.7 Å². The summed E-state index contributed by atoms with van der Waals surface area (Å²) in [5.74, 6) is -3.62. The van der Waals surface area contributed by atoms with Crippen LogP contribution >= 0.6 is 23.2 Å². The molecule has 2 aromatic carbocycles. The van der Waals surface area contributed by atoms with Gasteiger partial charge in [0.2, 0.25) is 6.10 Å². The number of nitrogens with two attached hydrogens (primary N) is 1. The van der Waals surface area contributed by atoms with Gasteiger partial charge in [0.25, 0.3) is 0 Å². The summed E-state index contributed by atoms with van der Waals surface area (Å²) < 4.78 is 19.4. The van der Waals surface area contributed by atoms with Crippen molar-refractivity contribution in [1.29, 1.82) is 0 Å². The molecule has 1 aromatic heterocycles. The quantitative estimate of drug-likeness (QED) is 0.465.